The Labute approximate surface area is 213 Å². The first-order valence-electron chi connectivity index (χ1n) is 12.9. The number of benzene rings is 1. The Kier molecular flexibility index (Phi) is 7.90. The molecular formula is C27H39N3O6. The summed E-state index contributed by atoms with van der Waals surface area (Å²) in [7, 11) is 1.55. The fourth-order valence-electron chi connectivity index (χ4n) is 5.27. The van der Waals surface area contributed by atoms with Gasteiger partial charge in [-0.2, -0.15) is 0 Å². The predicted molar refractivity (Wildman–Crippen MR) is 134 cm³/mol. The molecule has 3 fully saturated rings. The maximum Gasteiger partial charge on any atom is 0.257 e. The average Bonchev–Trinajstić information content (AvgIpc) is 3.50. The summed E-state index contributed by atoms with van der Waals surface area (Å²) < 4.78 is 17.2. The number of carbonyl (C=O) groups is 3. The second-order valence-corrected chi connectivity index (χ2v) is 11.2. The van der Waals surface area contributed by atoms with Gasteiger partial charge in [0, 0.05) is 51.1 Å². The van der Waals surface area contributed by atoms with Gasteiger partial charge < -0.3 is 24.4 Å². The topological polar surface area (TPSA) is 97.4 Å². The summed E-state index contributed by atoms with van der Waals surface area (Å²) in [5, 5.41) is 2.97. The van der Waals surface area contributed by atoms with Crippen molar-refractivity contribution < 1.29 is 28.6 Å². The lowest BCUT2D eigenvalue weighted by atomic mass is 9.90. The molecule has 0 unspecified atom stereocenters. The van der Waals surface area contributed by atoms with Crippen molar-refractivity contribution in [1.82, 2.24) is 15.1 Å². The molecule has 0 aliphatic carbocycles. The van der Waals surface area contributed by atoms with Crippen LogP contribution in [0.5, 0.6) is 5.75 Å². The van der Waals surface area contributed by atoms with Gasteiger partial charge in [0.05, 0.1) is 19.8 Å². The Morgan fingerprint density at radius 2 is 1.94 bits per heavy atom. The molecule has 3 heterocycles. The summed E-state index contributed by atoms with van der Waals surface area (Å²) in [5.41, 5.74) is -0.608. The van der Waals surface area contributed by atoms with Crippen LogP contribution >= 0.6 is 0 Å². The number of nitrogens with one attached hydrogen (secondary N) is 1. The second-order valence-electron chi connectivity index (χ2n) is 11.2. The van der Waals surface area contributed by atoms with Gasteiger partial charge in [-0.25, -0.2) is 0 Å². The molecule has 9 nitrogen and oxygen atoms in total. The zero-order valence-corrected chi connectivity index (χ0v) is 21.9. The summed E-state index contributed by atoms with van der Waals surface area (Å²) in [6, 6.07) is 6.17. The first kappa shape index (κ1) is 26.4. The van der Waals surface area contributed by atoms with Crippen LogP contribution in [0.3, 0.4) is 0 Å². The van der Waals surface area contributed by atoms with E-state index in [1.807, 2.05) is 25.7 Å². The van der Waals surface area contributed by atoms with Crippen LogP contribution in [0.2, 0.25) is 0 Å². The molecule has 3 aliphatic heterocycles. The van der Waals surface area contributed by atoms with Crippen LogP contribution in [0, 0.1) is 5.41 Å². The monoisotopic (exact) mass is 501 g/mol. The van der Waals surface area contributed by atoms with Gasteiger partial charge >= 0.3 is 0 Å². The van der Waals surface area contributed by atoms with Crippen molar-refractivity contribution in [2.45, 2.75) is 70.7 Å². The van der Waals surface area contributed by atoms with Gasteiger partial charge in [-0.1, -0.05) is 26.8 Å². The molecule has 3 saturated heterocycles. The SMILES string of the molecule is COc1cccc(C(=O)N2[C@H](C(=O)NC[C@@H]3CCCO3)COC23CCN(C(=O)CC(C)(C)C)CC3)c1. The van der Waals surface area contributed by atoms with E-state index in [9.17, 15) is 14.4 Å². The van der Waals surface area contributed by atoms with E-state index in [1.54, 1.807) is 36.3 Å². The van der Waals surface area contributed by atoms with Crippen molar-refractivity contribution in [3.05, 3.63) is 29.8 Å². The molecule has 9 heteroatoms. The normalized spacial score (nSPS) is 23.7. The number of rotatable bonds is 6. The molecule has 1 spiro atoms. The van der Waals surface area contributed by atoms with Gasteiger partial charge in [0.15, 0.2) is 0 Å². The first-order chi connectivity index (χ1) is 17.1. The molecule has 0 bridgehead atoms. The quantitative estimate of drug-likeness (QED) is 0.644. The van der Waals surface area contributed by atoms with Gasteiger partial charge in [-0.3, -0.25) is 19.3 Å². The van der Waals surface area contributed by atoms with Gasteiger partial charge in [0.2, 0.25) is 11.8 Å². The van der Waals surface area contributed by atoms with Crippen LogP contribution < -0.4 is 10.1 Å². The van der Waals surface area contributed by atoms with Gasteiger partial charge in [0.25, 0.3) is 5.91 Å². The minimum absolute atomic E-state index is 0.00448. The van der Waals surface area contributed by atoms with Crippen LogP contribution in [0.25, 0.3) is 0 Å². The number of hydrogen-bond acceptors (Lipinski definition) is 6. The third-order valence-electron chi connectivity index (χ3n) is 7.21. The highest BCUT2D eigenvalue weighted by atomic mass is 16.5. The lowest BCUT2D eigenvalue weighted by molar-refractivity contribution is -0.145. The predicted octanol–water partition coefficient (Wildman–Crippen LogP) is 2.59. The van der Waals surface area contributed by atoms with Crippen molar-refractivity contribution in [2.75, 3.05) is 40.0 Å². The highest BCUT2D eigenvalue weighted by molar-refractivity contribution is 5.98. The molecular weight excluding hydrogens is 462 g/mol. The van der Waals surface area contributed by atoms with E-state index < -0.39 is 11.8 Å². The third-order valence-corrected chi connectivity index (χ3v) is 7.21. The zero-order chi connectivity index (χ0) is 25.9. The Balaban J connectivity index is 1.53. The molecule has 0 radical (unpaired) electrons. The van der Waals surface area contributed by atoms with Crippen LogP contribution in [-0.4, -0.2) is 85.3 Å². The van der Waals surface area contributed by atoms with E-state index >= 15 is 0 Å². The minimum atomic E-state index is -0.940. The van der Waals surface area contributed by atoms with E-state index in [4.69, 9.17) is 14.2 Å². The van der Waals surface area contributed by atoms with E-state index in [2.05, 4.69) is 5.32 Å². The largest absolute Gasteiger partial charge is 0.497 e. The molecule has 4 rings (SSSR count). The Morgan fingerprint density at radius 3 is 2.58 bits per heavy atom. The molecule has 1 N–H and O–H groups in total. The molecule has 3 amide bonds. The van der Waals surface area contributed by atoms with Crippen molar-refractivity contribution in [3.8, 4) is 5.75 Å². The van der Waals surface area contributed by atoms with Crippen molar-refractivity contribution in [3.63, 3.8) is 0 Å². The third kappa shape index (κ3) is 5.83. The van der Waals surface area contributed by atoms with Crippen LogP contribution in [0.1, 0.15) is 63.2 Å². The molecule has 1 aromatic rings. The second kappa shape index (κ2) is 10.8. The van der Waals surface area contributed by atoms with Crippen LogP contribution in [0.15, 0.2) is 24.3 Å². The lowest BCUT2D eigenvalue weighted by Crippen LogP contribution is -2.60. The number of likely N-dealkylation sites (tertiary alicyclic amines) is 1. The Hall–Kier alpha value is -2.65. The fraction of sp³-hybridized carbons (Fsp3) is 0.667. The molecule has 0 saturated carbocycles. The molecule has 3 aliphatic rings. The zero-order valence-electron chi connectivity index (χ0n) is 21.9. The fourth-order valence-corrected chi connectivity index (χ4v) is 5.27. The number of nitrogens with zero attached hydrogens (tertiary/aromatic N) is 2. The molecule has 0 aromatic heterocycles. The lowest BCUT2D eigenvalue weighted by Gasteiger charge is -2.45. The number of methoxy groups -OCH3 is 1. The Bertz CT molecular complexity index is 961. The highest BCUT2D eigenvalue weighted by Crippen LogP contribution is 2.39. The van der Waals surface area contributed by atoms with Gasteiger partial charge in [0.1, 0.15) is 17.5 Å². The minimum Gasteiger partial charge on any atom is -0.497 e. The number of hydrogen-bond donors (Lipinski definition) is 1. The molecule has 2 atom stereocenters. The average molecular weight is 502 g/mol. The van der Waals surface area contributed by atoms with Crippen molar-refractivity contribution in [1.29, 1.82) is 0 Å². The Morgan fingerprint density at radius 1 is 1.19 bits per heavy atom. The number of piperidine rings is 1. The standard InChI is InChI=1S/C27H39N3O6/c1-26(2,3)16-23(31)29-12-10-27(11-13-29)30(25(33)19-7-5-8-20(15-19)34-4)22(18-36-27)24(32)28-17-21-9-6-14-35-21/h5,7-8,15,21-22H,6,9-14,16-18H2,1-4H3,(H,28,32)/t21-,22-/m0/s1. The molecule has 36 heavy (non-hydrogen) atoms. The van der Waals surface area contributed by atoms with Gasteiger partial charge in [-0.15, -0.1) is 0 Å². The van der Waals surface area contributed by atoms with Crippen molar-refractivity contribution >= 4 is 17.7 Å². The summed E-state index contributed by atoms with van der Waals surface area (Å²) in [6.07, 6.45) is 3.27. The molecule has 198 valence electrons. The van der Waals surface area contributed by atoms with E-state index in [0.29, 0.717) is 56.8 Å². The first-order valence-corrected chi connectivity index (χ1v) is 12.9. The van der Waals surface area contributed by atoms with E-state index in [0.717, 1.165) is 12.8 Å². The maximum atomic E-state index is 13.9. The number of carbonyl (C=O) groups excluding carboxylic acids is 3. The van der Waals surface area contributed by atoms with E-state index in [-0.39, 0.29) is 35.8 Å². The van der Waals surface area contributed by atoms with E-state index in [1.165, 1.54) is 0 Å². The summed E-state index contributed by atoms with van der Waals surface area (Å²) in [4.78, 5) is 43.4. The number of ether oxygens (including phenoxy) is 3. The highest BCUT2D eigenvalue weighted by Gasteiger charge is 2.54. The smallest absolute Gasteiger partial charge is 0.257 e. The van der Waals surface area contributed by atoms with Crippen LogP contribution in [0.4, 0.5) is 0 Å². The van der Waals surface area contributed by atoms with Crippen molar-refractivity contribution in [2.24, 2.45) is 5.41 Å². The number of amides is 3. The summed E-state index contributed by atoms with van der Waals surface area (Å²) >= 11 is 0. The maximum absolute atomic E-state index is 13.9. The molecule has 1 aromatic carbocycles. The van der Waals surface area contributed by atoms with Crippen LogP contribution in [-0.2, 0) is 19.1 Å². The summed E-state index contributed by atoms with van der Waals surface area (Å²) in [5.74, 6) is 0.145. The van der Waals surface area contributed by atoms with Gasteiger partial charge in [-0.05, 0) is 36.5 Å². The summed E-state index contributed by atoms with van der Waals surface area (Å²) in [6.45, 7) is 8.32.